The van der Waals surface area contributed by atoms with E-state index in [1.165, 1.54) is 89.5 Å². The van der Waals surface area contributed by atoms with Gasteiger partial charge >= 0.3 is 0 Å². The fourth-order valence-electron chi connectivity index (χ4n) is 9.04. The summed E-state index contributed by atoms with van der Waals surface area (Å²) in [5.74, 6) is 0. The van der Waals surface area contributed by atoms with Crippen LogP contribution in [0.2, 0.25) is 0 Å². The van der Waals surface area contributed by atoms with Gasteiger partial charge in [0, 0.05) is 33.9 Å². The topological polar surface area (TPSA) is 6.48 Å². The third-order valence-corrected chi connectivity index (χ3v) is 10.7. The van der Waals surface area contributed by atoms with Gasteiger partial charge in [-0.2, -0.15) is 0 Å². The minimum atomic E-state index is 0.124. The van der Waals surface area contributed by atoms with E-state index in [9.17, 15) is 0 Å². The molecule has 0 fully saturated rings. The van der Waals surface area contributed by atoms with Crippen molar-refractivity contribution >= 4 is 22.5 Å². The number of nitrogens with zero attached hydrogens (tertiary/aromatic N) is 2. The number of benzene rings is 5. The van der Waals surface area contributed by atoms with E-state index < -0.39 is 0 Å². The standard InChI is InChI=1S/C42H28N2/c1-3-15-31-25(11-1)27-17-9-21-39(27)43-37-19-7-5-13-29(37)33-24-36-34(23-35(33)41(31)43)30-14-6-8-20-38(30)44-40-22-10-18-28(40)26-12-2-4-16-32(26)42(36)44/h1-16,19-24,41-42H,17-18H2. The number of hydrogen-bond acceptors (Lipinski definition) is 2. The van der Waals surface area contributed by atoms with Crippen LogP contribution >= 0.6 is 0 Å². The molecule has 2 atom stereocenters. The average Bonchev–Trinajstić information content (AvgIpc) is 3.78. The first kappa shape index (κ1) is 23.2. The maximum absolute atomic E-state index is 2.63. The number of hydrogen-bond donors (Lipinski definition) is 0. The zero-order valence-corrected chi connectivity index (χ0v) is 24.2. The Kier molecular flexibility index (Phi) is 4.31. The summed E-state index contributed by atoms with van der Waals surface area (Å²) >= 11 is 0. The quantitative estimate of drug-likeness (QED) is 0.186. The first-order valence-electron chi connectivity index (χ1n) is 15.8. The Morgan fingerprint density at radius 3 is 1.30 bits per heavy atom. The molecule has 5 aromatic carbocycles. The van der Waals surface area contributed by atoms with Gasteiger partial charge in [0.15, 0.2) is 0 Å². The van der Waals surface area contributed by atoms with Crippen molar-refractivity contribution in [3.05, 3.63) is 178 Å². The molecule has 6 aliphatic rings. The molecule has 2 heteroatoms. The summed E-state index contributed by atoms with van der Waals surface area (Å²) in [7, 11) is 0. The van der Waals surface area contributed by atoms with Crippen LogP contribution in [0.1, 0.15) is 58.3 Å². The molecular weight excluding hydrogens is 532 g/mol. The van der Waals surface area contributed by atoms with Crippen molar-refractivity contribution in [1.82, 2.24) is 0 Å². The lowest BCUT2D eigenvalue weighted by atomic mass is 9.73. The van der Waals surface area contributed by atoms with Crippen LogP contribution in [0.3, 0.4) is 0 Å². The van der Waals surface area contributed by atoms with Gasteiger partial charge in [-0.1, -0.05) is 97.1 Å². The lowest BCUT2D eigenvalue weighted by Crippen LogP contribution is -2.37. The maximum atomic E-state index is 2.63. The molecule has 2 nitrogen and oxygen atoms in total. The molecule has 44 heavy (non-hydrogen) atoms. The van der Waals surface area contributed by atoms with Crippen molar-refractivity contribution in [2.75, 3.05) is 9.80 Å². The van der Waals surface area contributed by atoms with E-state index in [0.717, 1.165) is 12.8 Å². The van der Waals surface area contributed by atoms with Gasteiger partial charge in [-0.25, -0.2) is 0 Å². The fourth-order valence-corrected chi connectivity index (χ4v) is 9.04. The van der Waals surface area contributed by atoms with Gasteiger partial charge < -0.3 is 9.80 Å². The third kappa shape index (κ3) is 2.73. The molecule has 0 N–H and O–H groups in total. The second-order valence-corrected chi connectivity index (χ2v) is 12.7. The van der Waals surface area contributed by atoms with Crippen LogP contribution < -0.4 is 9.80 Å². The third-order valence-electron chi connectivity index (χ3n) is 10.7. The van der Waals surface area contributed by atoms with E-state index in [0.29, 0.717) is 0 Å². The molecule has 0 saturated heterocycles. The van der Waals surface area contributed by atoms with Crippen LogP contribution in [0.5, 0.6) is 0 Å². The van der Waals surface area contributed by atoms with E-state index in [-0.39, 0.29) is 12.1 Å². The molecule has 5 aromatic rings. The molecule has 0 aromatic heterocycles. The number of para-hydroxylation sites is 2. The highest BCUT2D eigenvalue weighted by molar-refractivity contribution is 5.99. The number of rotatable bonds is 0. The largest absolute Gasteiger partial charge is 0.329 e. The predicted octanol–water partition coefficient (Wildman–Crippen LogP) is 10.2. The second kappa shape index (κ2) is 8.18. The number of allylic oxidation sites excluding steroid dienone is 6. The number of anilines is 2. The molecule has 0 radical (unpaired) electrons. The molecule has 0 amide bonds. The molecule has 206 valence electrons. The zero-order chi connectivity index (χ0) is 28.5. The van der Waals surface area contributed by atoms with Gasteiger partial charge in [0.05, 0.1) is 12.1 Å². The highest BCUT2D eigenvalue weighted by Gasteiger charge is 2.44. The van der Waals surface area contributed by atoms with Crippen molar-refractivity contribution in [3.8, 4) is 22.3 Å². The van der Waals surface area contributed by atoms with Gasteiger partial charge in [0.2, 0.25) is 0 Å². The lowest BCUT2D eigenvalue weighted by Gasteiger charge is -2.47. The van der Waals surface area contributed by atoms with E-state index in [1.807, 2.05) is 0 Å². The van der Waals surface area contributed by atoms with Crippen molar-refractivity contribution in [3.63, 3.8) is 0 Å². The lowest BCUT2D eigenvalue weighted by molar-refractivity contribution is 0.755. The summed E-state index contributed by atoms with van der Waals surface area (Å²) in [6.07, 6.45) is 11.4. The molecular formula is C42H28N2. The second-order valence-electron chi connectivity index (χ2n) is 12.7. The summed E-state index contributed by atoms with van der Waals surface area (Å²) in [5.41, 5.74) is 22.0. The van der Waals surface area contributed by atoms with E-state index in [1.54, 1.807) is 0 Å². The maximum Gasteiger partial charge on any atom is 0.0857 e. The highest BCUT2D eigenvalue weighted by atomic mass is 15.2. The Morgan fingerprint density at radius 2 is 0.818 bits per heavy atom. The SMILES string of the molecule is C1=CC2=C(C1)c1ccccc1C1c3cc4c(cc3-c3ccccc3N21)C1c2ccccc2C2=C(C=CC2)N1c1ccccc1-4. The summed E-state index contributed by atoms with van der Waals surface area (Å²) in [6, 6.07) is 41.7. The van der Waals surface area contributed by atoms with Crippen molar-refractivity contribution in [1.29, 1.82) is 0 Å². The van der Waals surface area contributed by atoms with Crippen molar-refractivity contribution in [2.45, 2.75) is 24.9 Å². The van der Waals surface area contributed by atoms with E-state index in [2.05, 4.69) is 143 Å². The normalized spacial score (nSPS) is 20.5. The van der Waals surface area contributed by atoms with Crippen LogP contribution in [0, 0.1) is 0 Å². The van der Waals surface area contributed by atoms with Gasteiger partial charge in [-0.05, 0) is 105 Å². The number of fused-ring (bicyclic) bond motifs is 20. The summed E-state index contributed by atoms with van der Waals surface area (Å²) in [6.45, 7) is 0. The Morgan fingerprint density at radius 1 is 0.409 bits per heavy atom. The smallest absolute Gasteiger partial charge is 0.0857 e. The minimum Gasteiger partial charge on any atom is -0.329 e. The van der Waals surface area contributed by atoms with Gasteiger partial charge in [0.1, 0.15) is 0 Å². The molecule has 4 aliphatic heterocycles. The molecule has 2 unspecified atom stereocenters. The Hall–Kier alpha value is -5.34. The molecule has 11 rings (SSSR count). The van der Waals surface area contributed by atoms with E-state index in [4.69, 9.17) is 0 Å². The van der Waals surface area contributed by atoms with Crippen LogP contribution in [-0.2, 0) is 0 Å². The zero-order valence-electron chi connectivity index (χ0n) is 24.2. The van der Waals surface area contributed by atoms with Gasteiger partial charge in [-0.15, -0.1) is 0 Å². The minimum absolute atomic E-state index is 0.124. The van der Waals surface area contributed by atoms with Crippen molar-refractivity contribution < 1.29 is 0 Å². The summed E-state index contributed by atoms with van der Waals surface area (Å²) in [5, 5.41) is 0. The van der Waals surface area contributed by atoms with Crippen LogP contribution in [0.15, 0.2) is 145 Å². The Balaban J connectivity index is 1.25. The van der Waals surface area contributed by atoms with E-state index >= 15 is 0 Å². The van der Waals surface area contributed by atoms with Gasteiger partial charge in [0.25, 0.3) is 0 Å². The van der Waals surface area contributed by atoms with Crippen molar-refractivity contribution in [2.24, 2.45) is 0 Å². The van der Waals surface area contributed by atoms with Crippen LogP contribution in [-0.4, -0.2) is 0 Å². The molecule has 0 saturated carbocycles. The first-order chi connectivity index (χ1) is 21.9. The average molecular weight is 561 g/mol. The first-order valence-corrected chi connectivity index (χ1v) is 15.8. The molecule has 0 spiro atoms. The summed E-state index contributed by atoms with van der Waals surface area (Å²) < 4.78 is 0. The monoisotopic (exact) mass is 560 g/mol. The Labute approximate surface area is 257 Å². The molecule has 4 heterocycles. The Bertz CT molecular complexity index is 2100. The van der Waals surface area contributed by atoms with Crippen LogP contribution in [0.4, 0.5) is 11.4 Å². The van der Waals surface area contributed by atoms with Crippen LogP contribution in [0.25, 0.3) is 33.4 Å². The summed E-state index contributed by atoms with van der Waals surface area (Å²) in [4.78, 5) is 5.26. The fraction of sp³-hybridized carbons (Fsp3) is 0.0952. The predicted molar refractivity (Wildman–Crippen MR) is 180 cm³/mol. The van der Waals surface area contributed by atoms with Gasteiger partial charge in [-0.3, -0.25) is 0 Å². The highest BCUT2D eigenvalue weighted by Crippen LogP contribution is 2.60. The molecule has 2 aliphatic carbocycles. The molecule has 0 bridgehead atoms.